The molecule has 1 aromatic rings. The van der Waals surface area contributed by atoms with Crippen LogP contribution >= 0.6 is 0 Å². The molecule has 0 fully saturated rings. The first kappa shape index (κ1) is 14.0. The molecule has 6 heteroatoms. The largest absolute Gasteiger partial charge is 0.465 e. The van der Waals surface area contributed by atoms with Crippen molar-refractivity contribution in [3.63, 3.8) is 0 Å². The number of halogens is 1. The van der Waals surface area contributed by atoms with Crippen LogP contribution in [0.2, 0.25) is 0 Å². The Morgan fingerprint density at radius 2 is 2.00 bits per heavy atom. The molecule has 1 heterocycles. The second-order valence-electron chi connectivity index (χ2n) is 4.61. The minimum absolute atomic E-state index is 0.179. The van der Waals surface area contributed by atoms with E-state index in [-0.39, 0.29) is 24.8 Å². The van der Waals surface area contributed by atoms with Gasteiger partial charge in [0.05, 0.1) is 6.04 Å². The van der Waals surface area contributed by atoms with Gasteiger partial charge in [-0.2, -0.15) is 0 Å². The molecule has 0 aliphatic carbocycles. The molecule has 2 N–H and O–H groups in total. The van der Waals surface area contributed by atoms with Crippen LogP contribution < -0.4 is 5.32 Å². The van der Waals surface area contributed by atoms with E-state index in [1.54, 1.807) is 18.2 Å². The maximum Gasteiger partial charge on any atom is 0.407 e. The topological polar surface area (TPSA) is 69.6 Å². The van der Waals surface area contributed by atoms with Crippen LogP contribution in [0.3, 0.4) is 0 Å². The predicted molar refractivity (Wildman–Crippen MR) is 71.6 cm³/mol. The van der Waals surface area contributed by atoms with Crippen molar-refractivity contribution in [3.8, 4) is 0 Å². The Bertz CT molecular complexity index is 554. The Labute approximate surface area is 115 Å². The van der Waals surface area contributed by atoms with Gasteiger partial charge >= 0.3 is 6.09 Å². The van der Waals surface area contributed by atoms with Crippen LogP contribution in [-0.4, -0.2) is 41.1 Å². The summed E-state index contributed by atoms with van der Waals surface area (Å²) >= 11 is 0. The summed E-state index contributed by atoms with van der Waals surface area (Å²) in [6, 6.07) is 5.48. The number of carbonyl (C=O) groups is 2. The smallest absolute Gasteiger partial charge is 0.407 e. The summed E-state index contributed by atoms with van der Waals surface area (Å²) in [6.07, 6.45) is 0.709. The number of carboxylic acid groups (broad SMARTS) is 1. The van der Waals surface area contributed by atoms with E-state index in [1.807, 2.05) is 0 Å². The molecule has 20 heavy (non-hydrogen) atoms. The molecule has 1 atom stereocenters. The molecule has 1 aliphatic heterocycles. The van der Waals surface area contributed by atoms with E-state index in [9.17, 15) is 14.0 Å². The Hall–Kier alpha value is -2.37. The summed E-state index contributed by atoms with van der Waals surface area (Å²) in [5.41, 5.74) is 1.58. The van der Waals surface area contributed by atoms with Gasteiger partial charge in [-0.3, -0.25) is 4.79 Å². The minimum Gasteiger partial charge on any atom is -0.465 e. The molecule has 0 bridgehead atoms. The van der Waals surface area contributed by atoms with Crippen LogP contribution in [0.1, 0.15) is 12.5 Å². The molecular formula is C14H15FN2O3. The number of rotatable bonds is 2. The van der Waals surface area contributed by atoms with E-state index in [0.717, 1.165) is 11.1 Å². The lowest BCUT2D eigenvalue weighted by Gasteiger charge is -2.31. The van der Waals surface area contributed by atoms with Gasteiger partial charge < -0.3 is 15.3 Å². The van der Waals surface area contributed by atoms with Gasteiger partial charge in [0.2, 0.25) is 5.91 Å². The third kappa shape index (κ3) is 3.14. The third-order valence-electron chi connectivity index (χ3n) is 3.14. The van der Waals surface area contributed by atoms with E-state index >= 15 is 0 Å². The fraction of sp³-hybridized carbons (Fsp3) is 0.286. The van der Waals surface area contributed by atoms with E-state index in [4.69, 9.17) is 5.11 Å². The van der Waals surface area contributed by atoms with Gasteiger partial charge in [-0.1, -0.05) is 18.2 Å². The molecule has 2 amide bonds. The lowest BCUT2D eigenvalue weighted by atomic mass is 9.95. The maximum absolute atomic E-state index is 13.0. The van der Waals surface area contributed by atoms with Crippen LogP contribution in [0.25, 0.3) is 5.57 Å². The summed E-state index contributed by atoms with van der Waals surface area (Å²) < 4.78 is 13.0. The zero-order chi connectivity index (χ0) is 14.7. The minimum atomic E-state index is -1.03. The van der Waals surface area contributed by atoms with Gasteiger partial charge in [-0.05, 0) is 23.3 Å². The van der Waals surface area contributed by atoms with E-state index in [0.29, 0.717) is 0 Å². The standard InChI is InChI=1S/C14H15FN2O3/c1-9(18)16-13-8-17(14(19)20)7-6-12(13)10-2-4-11(15)5-3-10/h2-6,13H,7-8H2,1H3,(H,16,18)(H,19,20). The molecule has 0 radical (unpaired) electrons. The van der Waals surface area contributed by atoms with Crippen molar-refractivity contribution in [2.24, 2.45) is 0 Å². The van der Waals surface area contributed by atoms with Crippen LogP contribution in [0.4, 0.5) is 9.18 Å². The monoisotopic (exact) mass is 278 g/mol. The summed E-state index contributed by atoms with van der Waals surface area (Å²) in [5, 5.41) is 11.7. The maximum atomic E-state index is 13.0. The number of nitrogens with one attached hydrogen (secondary N) is 1. The molecule has 0 saturated heterocycles. The van der Waals surface area contributed by atoms with E-state index < -0.39 is 12.1 Å². The number of benzene rings is 1. The van der Waals surface area contributed by atoms with Gasteiger partial charge in [0, 0.05) is 20.0 Å². The fourth-order valence-electron chi connectivity index (χ4n) is 2.23. The molecule has 1 unspecified atom stereocenters. The molecule has 106 valence electrons. The van der Waals surface area contributed by atoms with Crippen LogP contribution in [0, 0.1) is 5.82 Å². The van der Waals surface area contributed by atoms with Crippen LogP contribution in [-0.2, 0) is 4.79 Å². The SMILES string of the molecule is CC(=O)NC1CN(C(=O)O)CC=C1c1ccc(F)cc1. The summed E-state index contributed by atoms with van der Waals surface area (Å²) in [5.74, 6) is -0.580. The molecule has 2 rings (SSSR count). The highest BCUT2D eigenvalue weighted by Crippen LogP contribution is 2.23. The van der Waals surface area contributed by atoms with Crippen molar-refractivity contribution in [1.82, 2.24) is 10.2 Å². The molecule has 0 saturated carbocycles. The average Bonchev–Trinajstić information content (AvgIpc) is 2.39. The highest BCUT2D eigenvalue weighted by Gasteiger charge is 2.26. The Kier molecular flexibility index (Phi) is 4.02. The first-order valence-electron chi connectivity index (χ1n) is 6.18. The highest BCUT2D eigenvalue weighted by atomic mass is 19.1. The Morgan fingerprint density at radius 1 is 1.35 bits per heavy atom. The first-order chi connectivity index (χ1) is 9.47. The van der Waals surface area contributed by atoms with Crippen LogP contribution in [0.15, 0.2) is 30.3 Å². The third-order valence-corrected chi connectivity index (χ3v) is 3.14. The number of carbonyl (C=O) groups excluding carboxylic acids is 1. The average molecular weight is 278 g/mol. The second-order valence-corrected chi connectivity index (χ2v) is 4.61. The van der Waals surface area contributed by atoms with Crippen molar-refractivity contribution in [2.45, 2.75) is 13.0 Å². The Morgan fingerprint density at radius 3 is 2.55 bits per heavy atom. The van der Waals surface area contributed by atoms with Gasteiger partial charge in [0.25, 0.3) is 0 Å². The molecule has 1 aromatic carbocycles. The van der Waals surface area contributed by atoms with Gasteiger partial charge in [-0.25, -0.2) is 9.18 Å². The zero-order valence-electron chi connectivity index (χ0n) is 11.0. The van der Waals surface area contributed by atoms with Crippen molar-refractivity contribution in [2.75, 3.05) is 13.1 Å². The number of hydrogen-bond acceptors (Lipinski definition) is 2. The molecule has 1 aliphatic rings. The number of amides is 2. The van der Waals surface area contributed by atoms with Crippen LogP contribution in [0.5, 0.6) is 0 Å². The predicted octanol–water partition coefficient (Wildman–Crippen LogP) is 1.71. The zero-order valence-corrected chi connectivity index (χ0v) is 11.0. The first-order valence-corrected chi connectivity index (χ1v) is 6.18. The lowest BCUT2D eigenvalue weighted by Crippen LogP contribution is -2.48. The fourth-order valence-corrected chi connectivity index (χ4v) is 2.23. The van der Waals surface area contributed by atoms with Gasteiger partial charge in [-0.15, -0.1) is 0 Å². The summed E-state index contributed by atoms with van der Waals surface area (Å²) in [7, 11) is 0. The van der Waals surface area contributed by atoms with Crippen molar-refractivity contribution in [1.29, 1.82) is 0 Å². The van der Waals surface area contributed by atoms with Gasteiger partial charge in [0.15, 0.2) is 0 Å². The normalized spacial score (nSPS) is 18.4. The molecular weight excluding hydrogens is 263 g/mol. The van der Waals surface area contributed by atoms with Crippen molar-refractivity contribution >= 4 is 17.6 Å². The Balaban J connectivity index is 2.29. The summed E-state index contributed by atoms with van der Waals surface area (Å²) in [4.78, 5) is 23.5. The number of nitrogens with zero attached hydrogens (tertiary/aromatic N) is 1. The molecule has 5 nitrogen and oxygen atoms in total. The lowest BCUT2D eigenvalue weighted by molar-refractivity contribution is -0.119. The molecule has 0 aromatic heterocycles. The second kappa shape index (κ2) is 5.73. The molecule has 0 spiro atoms. The number of hydrogen-bond donors (Lipinski definition) is 2. The highest BCUT2D eigenvalue weighted by molar-refractivity contribution is 5.80. The van der Waals surface area contributed by atoms with Crippen molar-refractivity contribution < 1.29 is 19.1 Å². The van der Waals surface area contributed by atoms with E-state index in [2.05, 4.69) is 5.32 Å². The van der Waals surface area contributed by atoms with Crippen molar-refractivity contribution in [3.05, 3.63) is 41.7 Å². The van der Waals surface area contributed by atoms with Gasteiger partial charge in [0.1, 0.15) is 5.82 Å². The van der Waals surface area contributed by atoms with E-state index in [1.165, 1.54) is 24.0 Å². The summed E-state index contributed by atoms with van der Waals surface area (Å²) in [6.45, 7) is 1.80. The quantitative estimate of drug-likeness (QED) is 0.865.